The van der Waals surface area contributed by atoms with Gasteiger partial charge in [-0.1, -0.05) is 0 Å². The zero-order chi connectivity index (χ0) is 12.8. The number of hydrogen-bond acceptors (Lipinski definition) is 3. The second-order valence-corrected chi connectivity index (χ2v) is 3.57. The quantitative estimate of drug-likeness (QED) is 0.764. The molecule has 2 rings (SSSR count). The van der Waals surface area contributed by atoms with Crippen LogP contribution in [0, 0.1) is 5.82 Å². The van der Waals surface area contributed by atoms with Crippen LogP contribution in [0.1, 0.15) is 5.82 Å². The number of anilines is 1. The Labute approximate surface area is 103 Å². The minimum absolute atomic E-state index is 0.341. The third kappa shape index (κ3) is 3.55. The number of aromatic amines is 1. The largest absolute Gasteiger partial charge is 0.337 e. The monoisotopic (exact) mass is 249 g/mol. The summed E-state index contributed by atoms with van der Waals surface area (Å²) in [6, 6.07) is 5.20. The maximum atomic E-state index is 12.6. The Bertz CT molecular complexity index is 497. The first-order chi connectivity index (χ1) is 8.74. The number of nitrogens with zero attached hydrogens (tertiary/aromatic N) is 2. The molecule has 1 aromatic heterocycles. The minimum atomic E-state index is -0.346. The highest BCUT2D eigenvalue weighted by molar-refractivity contribution is 5.89. The van der Waals surface area contributed by atoms with Gasteiger partial charge in [-0.25, -0.2) is 14.2 Å². The molecule has 18 heavy (non-hydrogen) atoms. The van der Waals surface area contributed by atoms with E-state index in [4.69, 9.17) is 0 Å². The summed E-state index contributed by atoms with van der Waals surface area (Å²) in [5.74, 6) is 0.364. The van der Waals surface area contributed by atoms with Gasteiger partial charge in [0, 0.05) is 18.7 Å². The van der Waals surface area contributed by atoms with Crippen molar-refractivity contribution in [3.8, 4) is 0 Å². The molecule has 94 valence electrons. The molecule has 6 nitrogen and oxygen atoms in total. The molecule has 0 spiro atoms. The van der Waals surface area contributed by atoms with Crippen molar-refractivity contribution in [3.63, 3.8) is 0 Å². The fourth-order valence-corrected chi connectivity index (χ4v) is 1.35. The van der Waals surface area contributed by atoms with E-state index in [1.165, 1.54) is 30.6 Å². The molecule has 0 atom stereocenters. The Hall–Kier alpha value is -2.44. The van der Waals surface area contributed by atoms with Gasteiger partial charge in [0.15, 0.2) is 0 Å². The van der Waals surface area contributed by atoms with E-state index in [0.29, 0.717) is 24.5 Å². The lowest BCUT2D eigenvalue weighted by Crippen LogP contribution is -2.30. The molecular formula is C11H12FN5O. The predicted octanol–water partition coefficient (Wildman–Crippen LogP) is 1.31. The lowest BCUT2D eigenvalue weighted by molar-refractivity contribution is 0.252. The molecule has 1 heterocycles. The molecule has 2 amide bonds. The first-order valence-electron chi connectivity index (χ1n) is 5.39. The van der Waals surface area contributed by atoms with Crippen LogP contribution in [-0.2, 0) is 6.42 Å². The molecule has 0 unspecified atom stereocenters. The maximum absolute atomic E-state index is 12.6. The van der Waals surface area contributed by atoms with Crippen molar-refractivity contribution in [3.05, 3.63) is 42.2 Å². The fraction of sp³-hybridized carbons (Fsp3) is 0.182. The van der Waals surface area contributed by atoms with E-state index in [2.05, 4.69) is 25.8 Å². The second kappa shape index (κ2) is 5.76. The number of amides is 2. The summed E-state index contributed by atoms with van der Waals surface area (Å²) in [4.78, 5) is 15.4. The molecule has 7 heteroatoms. The molecule has 0 saturated heterocycles. The van der Waals surface area contributed by atoms with Gasteiger partial charge in [-0.3, -0.25) is 5.10 Å². The molecule has 0 aliphatic heterocycles. The van der Waals surface area contributed by atoms with E-state index in [0.717, 1.165) is 0 Å². The number of carbonyl (C=O) groups excluding carboxylic acids is 1. The SMILES string of the molecule is O=C(NCCc1ncn[nH]1)Nc1ccc(F)cc1. The van der Waals surface area contributed by atoms with E-state index in [1.807, 2.05) is 0 Å². The maximum Gasteiger partial charge on any atom is 0.319 e. The summed E-state index contributed by atoms with van der Waals surface area (Å²) in [6.45, 7) is 0.433. The lowest BCUT2D eigenvalue weighted by atomic mass is 10.3. The molecule has 0 bridgehead atoms. The number of rotatable bonds is 4. The number of hydrogen-bond donors (Lipinski definition) is 3. The topological polar surface area (TPSA) is 82.7 Å². The average Bonchev–Trinajstić information content (AvgIpc) is 2.85. The van der Waals surface area contributed by atoms with Gasteiger partial charge in [0.05, 0.1) is 0 Å². The third-order valence-corrected chi connectivity index (χ3v) is 2.21. The van der Waals surface area contributed by atoms with Gasteiger partial charge < -0.3 is 10.6 Å². The van der Waals surface area contributed by atoms with E-state index in [9.17, 15) is 9.18 Å². The highest BCUT2D eigenvalue weighted by atomic mass is 19.1. The number of H-pyrrole nitrogens is 1. The Morgan fingerprint density at radius 2 is 2.11 bits per heavy atom. The van der Waals surface area contributed by atoms with Crippen molar-refractivity contribution >= 4 is 11.7 Å². The Balaban J connectivity index is 1.73. The first kappa shape index (κ1) is 12.0. The van der Waals surface area contributed by atoms with Crippen LogP contribution in [0.3, 0.4) is 0 Å². The number of carbonyl (C=O) groups is 1. The number of halogens is 1. The van der Waals surface area contributed by atoms with Crippen LogP contribution in [0.4, 0.5) is 14.9 Å². The number of urea groups is 1. The van der Waals surface area contributed by atoms with Gasteiger partial charge in [-0.05, 0) is 24.3 Å². The molecule has 2 aromatic rings. The van der Waals surface area contributed by atoms with Crippen LogP contribution in [0.2, 0.25) is 0 Å². The van der Waals surface area contributed by atoms with Gasteiger partial charge in [0.25, 0.3) is 0 Å². The van der Waals surface area contributed by atoms with Gasteiger partial charge in [-0.15, -0.1) is 0 Å². The van der Waals surface area contributed by atoms with Crippen LogP contribution in [0.25, 0.3) is 0 Å². The van der Waals surface area contributed by atoms with Gasteiger partial charge in [0.1, 0.15) is 18.0 Å². The second-order valence-electron chi connectivity index (χ2n) is 3.57. The van der Waals surface area contributed by atoms with Gasteiger partial charge >= 0.3 is 6.03 Å². The van der Waals surface area contributed by atoms with Crippen LogP contribution < -0.4 is 10.6 Å². The predicted molar refractivity (Wildman–Crippen MR) is 63.5 cm³/mol. The number of aromatic nitrogens is 3. The highest BCUT2D eigenvalue weighted by Crippen LogP contribution is 2.07. The molecule has 0 radical (unpaired) electrons. The van der Waals surface area contributed by atoms with Crippen LogP contribution in [-0.4, -0.2) is 27.8 Å². The standard InChI is InChI=1S/C11H12FN5O/c12-8-1-3-9(4-2-8)16-11(18)13-6-5-10-14-7-15-17-10/h1-4,7H,5-6H2,(H2,13,16,18)(H,14,15,17). The normalized spacial score (nSPS) is 10.1. The minimum Gasteiger partial charge on any atom is -0.337 e. The van der Waals surface area contributed by atoms with Gasteiger partial charge in [0.2, 0.25) is 0 Å². The molecule has 1 aromatic carbocycles. The smallest absolute Gasteiger partial charge is 0.319 e. The van der Waals surface area contributed by atoms with Crippen molar-refractivity contribution in [1.82, 2.24) is 20.5 Å². The Kier molecular flexibility index (Phi) is 3.85. The van der Waals surface area contributed by atoms with Crippen molar-refractivity contribution in [1.29, 1.82) is 0 Å². The number of benzene rings is 1. The summed E-state index contributed by atoms with van der Waals surface area (Å²) >= 11 is 0. The Morgan fingerprint density at radius 3 is 2.78 bits per heavy atom. The van der Waals surface area contributed by atoms with Crippen molar-refractivity contribution in [2.45, 2.75) is 6.42 Å². The van der Waals surface area contributed by atoms with Crippen molar-refractivity contribution in [2.75, 3.05) is 11.9 Å². The highest BCUT2D eigenvalue weighted by Gasteiger charge is 2.02. The summed E-state index contributed by atoms with van der Waals surface area (Å²) < 4.78 is 12.6. The van der Waals surface area contributed by atoms with Crippen LogP contribution in [0.5, 0.6) is 0 Å². The molecule has 0 saturated carbocycles. The van der Waals surface area contributed by atoms with Gasteiger partial charge in [-0.2, -0.15) is 5.10 Å². The van der Waals surface area contributed by atoms with Crippen molar-refractivity contribution < 1.29 is 9.18 Å². The molecule has 3 N–H and O–H groups in total. The Morgan fingerprint density at radius 1 is 1.33 bits per heavy atom. The van der Waals surface area contributed by atoms with E-state index in [-0.39, 0.29) is 11.8 Å². The molecular weight excluding hydrogens is 237 g/mol. The third-order valence-electron chi connectivity index (χ3n) is 2.21. The first-order valence-corrected chi connectivity index (χ1v) is 5.39. The fourth-order valence-electron chi connectivity index (χ4n) is 1.35. The summed E-state index contributed by atoms with van der Waals surface area (Å²) in [5, 5.41) is 11.6. The zero-order valence-corrected chi connectivity index (χ0v) is 9.48. The van der Waals surface area contributed by atoms with Crippen LogP contribution >= 0.6 is 0 Å². The van der Waals surface area contributed by atoms with Crippen LogP contribution in [0.15, 0.2) is 30.6 Å². The van der Waals surface area contributed by atoms with Crippen molar-refractivity contribution in [2.24, 2.45) is 0 Å². The average molecular weight is 249 g/mol. The summed E-state index contributed by atoms with van der Waals surface area (Å²) in [6.07, 6.45) is 1.98. The molecule has 0 aliphatic carbocycles. The summed E-state index contributed by atoms with van der Waals surface area (Å²) in [5.41, 5.74) is 0.536. The van der Waals surface area contributed by atoms with E-state index < -0.39 is 0 Å². The lowest BCUT2D eigenvalue weighted by Gasteiger charge is -2.06. The van der Waals surface area contributed by atoms with E-state index in [1.54, 1.807) is 0 Å². The molecule has 0 fully saturated rings. The number of nitrogens with one attached hydrogen (secondary N) is 3. The molecule has 0 aliphatic rings. The van der Waals surface area contributed by atoms with E-state index >= 15 is 0 Å². The summed E-state index contributed by atoms with van der Waals surface area (Å²) in [7, 11) is 0. The zero-order valence-electron chi connectivity index (χ0n) is 9.48.